The molecule has 0 saturated carbocycles. The van der Waals surface area contributed by atoms with Gasteiger partial charge < -0.3 is 10.1 Å². The molecule has 0 aliphatic heterocycles. The van der Waals surface area contributed by atoms with Crippen molar-refractivity contribution >= 4 is 23.2 Å². The van der Waals surface area contributed by atoms with Gasteiger partial charge in [0.1, 0.15) is 17.9 Å². The number of benzene rings is 2. The Balaban J connectivity index is 1.80. The van der Waals surface area contributed by atoms with Crippen molar-refractivity contribution in [2.45, 2.75) is 6.67 Å². The van der Waals surface area contributed by atoms with Crippen molar-refractivity contribution < 1.29 is 18.7 Å². The molecule has 0 radical (unpaired) electrons. The molecule has 1 heterocycles. The molecule has 0 aliphatic carbocycles. The van der Waals surface area contributed by atoms with E-state index in [2.05, 4.69) is 10.3 Å². The van der Waals surface area contributed by atoms with Gasteiger partial charge in [-0.2, -0.15) is 0 Å². The van der Waals surface area contributed by atoms with Crippen molar-refractivity contribution in [2.24, 2.45) is 0 Å². The van der Waals surface area contributed by atoms with Crippen LogP contribution in [-0.4, -0.2) is 27.1 Å². The lowest BCUT2D eigenvalue weighted by Crippen LogP contribution is -2.21. The van der Waals surface area contributed by atoms with Crippen LogP contribution in [0.5, 0.6) is 5.75 Å². The van der Waals surface area contributed by atoms with Crippen molar-refractivity contribution in [3.63, 3.8) is 0 Å². The number of nitrogens with zero attached hydrogens (tertiary/aromatic N) is 3. The number of ether oxygens (including phenoxy) is 1. The Morgan fingerprint density at radius 2 is 1.96 bits per heavy atom. The highest BCUT2D eigenvalue weighted by atomic mass is 19.1. The van der Waals surface area contributed by atoms with E-state index < -0.39 is 12.1 Å². The first-order chi connectivity index (χ1) is 11.1. The minimum atomic E-state index is -1.66. The lowest BCUT2D eigenvalue weighted by Gasteiger charge is -2.04. The number of hydrogen-bond donors (Lipinski definition) is 1. The predicted molar refractivity (Wildman–Crippen MR) is 78.6 cm³/mol. The average molecular weight is 314 g/mol. The zero-order valence-electron chi connectivity index (χ0n) is 11.8. The molecule has 116 valence electrons. The molecule has 0 bridgehead atoms. The molecule has 0 saturated heterocycles. The van der Waals surface area contributed by atoms with Crippen molar-refractivity contribution in [1.82, 2.24) is 20.3 Å². The van der Waals surface area contributed by atoms with E-state index in [0.717, 1.165) is 0 Å². The molecule has 8 heteroatoms. The highest BCUT2D eigenvalue weighted by Gasteiger charge is 2.12. The van der Waals surface area contributed by atoms with Crippen molar-refractivity contribution in [2.75, 3.05) is 0 Å². The van der Waals surface area contributed by atoms with Crippen LogP contribution >= 0.6 is 0 Å². The van der Waals surface area contributed by atoms with Gasteiger partial charge in [-0.3, -0.25) is 0 Å². The summed E-state index contributed by atoms with van der Waals surface area (Å²) < 4.78 is 18.7. The van der Waals surface area contributed by atoms with Gasteiger partial charge in [-0.25, -0.2) is 14.3 Å². The molecule has 0 fully saturated rings. The summed E-state index contributed by atoms with van der Waals surface area (Å²) in [6.07, 6.45) is -1.66. The number of amides is 1. The summed E-state index contributed by atoms with van der Waals surface area (Å²) in [4.78, 5) is 22.4. The lowest BCUT2D eigenvalue weighted by atomic mass is 10.2. The van der Waals surface area contributed by atoms with Crippen molar-refractivity contribution in [1.29, 1.82) is 0 Å². The Bertz CT molecular complexity index is 864. The third-order valence-corrected chi connectivity index (χ3v) is 3.07. The molecule has 23 heavy (non-hydrogen) atoms. The quantitative estimate of drug-likeness (QED) is 0.345. The molecule has 1 N–H and O–H groups in total. The minimum Gasteiger partial charge on any atom is -0.423 e. The van der Waals surface area contributed by atoms with E-state index in [4.69, 9.17) is 4.74 Å². The van der Waals surface area contributed by atoms with E-state index in [0.29, 0.717) is 22.3 Å². The number of nitrogens with one attached hydrogen (secondary N) is 1. The monoisotopic (exact) mass is 314 g/mol. The number of esters is 1. The van der Waals surface area contributed by atoms with E-state index in [1.54, 1.807) is 36.4 Å². The van der Waals surface area contributed by atoms with Gasteiger partial charge in [-0.1, -0.05) is 23.4 Å². The normalized spacial score (nSPS) is 10.5. The van der Waals surface area contributed by atoms with Gasteiger partial charge in [-0.05, 0) is 30.3 Å². The zero-order chi connectivity index (χ0) is 16.2. The number of fused-ring (bicyclic) bond motifs is 1. The van der Waals surface area contributed by atoms with Crippen molar-refractivity contribution in [3.8, 4) is 5.75 Å². The van der Waals surface area contributed by atoms with Crippen LogP contribution in [0.1, 0.15) is 10.4 Å². The van der Waals surface area contributed by atoms with Gasteiger partial charge in [0, 0.05) is 0 Å². The number of para-hydroxylation sites is 1. The summed E-state index contributed by atoms with van der Waals surface area (Å²) in [6.45, 7) is -0.153. The Morgan fingerprint density at radius 3 is 2.70 bits per heavy atom. The maximum absolute atomic E-state index is 12.2. The topological polar surface area (TPSA) is 86.1 Å². The van der Waals surface area contributed by atoms with Crippen LogP contribution in [0.4, 0.5) is 9.18 Å². The Morgan fingerprint density at radius 1 is 1.17 bits per heavy atom. The maximum atomic E-state index is 12.2. The van der Waals surface area contributed by atoms with E-state index in [9.17, 15) is 14.0 Å². The summed E-state index contributed by atoms with van der Waals surface area (Å²) >= 11 is 0. The smallest absolute Gasteiger partial charge is 0.398 e. The fourth-order valence-corrected chi connectivity index (χ4v) is 2.01. The molecule has 1 aromatic heterocycles. The Hall–Kier alpha value is -3.29. The third-order valence-electron chi connectivity index (χ3n) is 3.07. The van der Waals surface area contributed by atoms with Gasteiger partial charge in [-0.15, -0.1) is 9.49 Å². The summed E-state index contributed by atoms with van der Waals surface area (Å²) in [5, 5.41) is 9.64. The standard InChI is InChI=1S/C15H11FN4O3/c16-15(22)17-9-20-13-7-6-10(8-12(13)18-19-20)14(21)23-11-4-2-1-3-5-11/h1-8H,9H2,(H,17,22). The predicted octanol–water partition coefficient (Wildman–Crippen LogP) is 2.29. The van der Waals surface area contributed by atoms with Crippen LogP contribution in [0.2, 0.25) is 0 Å². The zero-order valence-corrected chi connectivity index (χ0v) is 11.8. The number of rotatable bonds is 4. The first kappa shape index (κ1) is 14.6. The third kappa shape index (κ3) is 3.31. The number of carbonyl (C=O) groups excluding carboxylic acids is 2. The lowest BCUT2D eigenvalue weighted by molar-refractivity contribution is 0.0735. The molecule has 7 nitrogen and oxygen atoms in total. The number of halogens is 1. The van der Waals surface area contributed by atoms with Gasteiger partial charge in [0.05, 0.1) is 11.1 Å². The second-order valence-corrected chi connectivity index (χ2v) is 4.60. The number of carbonyl (C=O) groups is 2. The SMILES string of the molecule is O=C(F)NCn1nnc2cc(C(=O)Oc3ccccc3)ccc21. The Labute approximate surface area is 129 Å². The molecular weight excluding hydrogens is 303 g/mol. The second kappa shape index (κ2) is 6.22. The fourth-order valence-electron chi connectivity index (χ4n) is 2.01. The molecule has 0 atom stereocenters. The first-order valence-corrected chi connectivity index (χ1v) is 6.67. The van der Waals surface area contributed by atoms with Gasteiger partial charge in [0.25, 0.3) is 0 Å². The molecule has 2 aromatic carbocycles. The van der Waals surface area contributed by atoms with Crippen LogP contribution < -0.4 is 10.1 Å². The van der Waals surface area contributed by atoms with Crippen LogP contribution in [-0.2, 0) is 6.67 Å². The van der Waals surface area contributed by atoms with Gasteiger partial charge in [0.15, 0.2) is 0 Å². The largest absolute Gasteiger partial charge is 0.423 e. The van der Waals surface area contributed by atoms with E-state index in [-0.39, 0.29) is 6.67 Å². The van der Waals surface area contributed by atoms with Crippen LogP contribution in [0.25, 0.3) is 11.0 Å². The molecule has 0 unspecified atom stereocenters. The molecule has 1 amide bonds. The summed E-state index contributed by atoms with van der Waals surface area (Å²) in [7, 11) is 0. The minimum absolute atomic E-state index is 0.153. The molecule has 3 rings (SSSR count). The highest BCUT2D eigenvalue weighted by molar-refractivity contribution is 5.94. The summed E-state index contributed by atoms with van der Waals surface area (Å²) in [5.74, 6) is -0.0865. The Kier molecular flexibility index (Phi) is 3.96. The van der Waals surface area contributed by atoms with E-state index >= 15 is 0 Å². The summed E-state index contributed by atoms with van der Waals surface area (Å²) in [5.41, 5.74) is 1.29. The van der Waals surface area contributed by atoms with Crippen LogP contribution in [0.3, 0.4) is 0 Å². The summed E-state index contributed by atoms with van der Waals surface area (Å²) in [6, 6.07) is 13.3. The van der Waals surface area contributed by atoms with E-state index in [1.165, 1.54) is 10.7 Å². The molecular formula is C15H11FN4O3. The highest BCUT2D eigenvalue weighted by Crippen LogP contribution is 2.16. The molecule has 0 spiro atoms. The van der Waals surface area contributed by atoms with E-state index in [1.807, 2.05) is 11.4 Å². The van der Waals surface area contributed by atoms with Gasteiger partial charge >= 0.3 is 12.1 Å². The second-order valence-electron chi connectivity index (χ2n) is 4.60. The van der Waals surface area contributed by atoms with Crippen LogP contribution in [0, 0.1) is 0 Å². The van der Waals surface area contributed by atoms with Gasteiger partial charge in [0.2, 0.25) is 0 Å². The molecule has 3 aromatic rings. The maximum Gasteiger partial charge on any atom is 0.398 e. The molecule has 0 aliphatic rings. The number of aromatic nitrogens is 3. The van der Waals surface area contributed by atoms with Crippen molar-refractivity contribution in [3.05, 3.63) is 54.1 Å². The van der Waals surface area contributed by atoms with Crippen LogP contribution in [0.15, 0.2) is 48.5 Å². The fraction of sp³-hybridized carbons (Fsp3) is 0.0667. The average Bonchev–Trinajstić information content (AvgIpc) is 2.96. The first-order valence-electron chi connectivity index (χ1n) is 6.67. The number of hydrogen-bond acceptors (Lipinski definition) is 5.